The summed E-state index contributed by atoms with van der Waals surface area (Å²) in [7, 11) is 0. The number of aliphatic carboxylic acids is 1. The number of rotatable bonds is 10. The van der Waals surface area contributed by atoms with E-state index in [-0.39, 0.29) is 6.42 Å². The number of carbonyl (C=O) groups is 1. The fourth-order valence-electron chi connectivity index (χ4n) is 2.59. The molecule has 7 heteroatoms. The number of hydrogen-bond donors (Lipinski definition) is 2. The van der Waals surface area contributed by atoms with Crippen molar-refractivity contribution in [2.24, 2.45) is 0 Å². The van der Waals surface area contributed by atoms with Crippen molar-refractivity contribution in [2.75, 3.05) is 6.61 Å². The summed E-state index contributed by atoms with van der Waals surface area (Å²) in [4.78, 5) is 20.4. The summed E-state index contributed by atoms with van der Waals surface area (Å²) < 4.78 is 11.5. The summed E-state index contributed by atoms with van der Waals surface area (Å²) in [6.45, 7) is 2.32. The van der Waals surface area contributed by atoms with Gasteiger partial charge in [0.15, 0.2) is 0 Å². The minimum Gasteiger partial charge on any atom is -0.481 e. The molecule has 2 N–H and O–H groups in total. The third-order valence-corrected chi connectivity index (χ3v) is 3.90. The molecular weight excluding hydrogens is 384 g/mol. The van der Waals surface area contributed by atoms with E-state index in [9.17, 15) is 4.79 Å². The fraction of sp³-hybridized carbons (Fsp3) is 0.130. The second kappa shape index (κ2) is 10.6. The molecule has 0 fully saturated rings. The number of benzene rings is 2. The Kier molecular flexibility index (Phi) is 7.40. The van der Waals surface area contributed by atoms with E-state index in [1.165, 1.54) is 6.26 Å². The lowest BCUT2D eigenvalue weighted by molar-refractivity contribution is -0.136. The van der Waals surface area contributed by atoms with Crippen LogP contribution in [0.3, 0.4) is 0 Å². The van der Waals surface area contributed by atoms with Crippen molar-refractivity contribution in [1.29, 1.82) is 0 Å². The van der Waals surface area contributed by atoms with E-state index in [0.29, 0.717) is 35.2 Å². The van der Waals surface area contributed by atoms with E-state index < -0.39 is 5.97 Å². The molecule has 3 rings (SSSR count). The van der Waals surface area contributed by atoms with E-state index in [4.69, 9.17) is 19.4 Å². The first-order chi connectivity index (χ1) is 14.6. The maximum absolute atomic E-state index is 10.9. The standard InChI is InChI=1S/C23H22N2O5/c1-2-29-25-21(16-28-19-9-5-7-17(13-19)14-23(26)27)18-8-6-10-20(15-18)30-22-11-3-4-12-24-22/h3-13,15-16,25H,2,14H2,1H3,(H,26,27). The monoisotopic (exact) mass is 406 g/mol. The molecule has 30 heavy (non-hydrogen) atoms. The van der Waals surface area contributed by atoms with Crippen LogP contribution in [0.2, 0.25) is 0 Å². The van der Waals surface area contributed by atoms with Crippen molar-refractivity contribution in [3.05, 3.63) is 90.3 Å². The number of ether oxygens (including phenoxy) is 2. The molecule has 0 amide bonds. The summed E-state index contributed by atoms with van der Waals surface area (Å²) in [5, 5.41) is 8.96. The molecule has 0 radical (unpaired) electrons. The summed E-state index contributed by atoms with van der Waals surface area (Å²) >= 11 is 0. The molecule has 0 unspecified atom stereocenters. The molecule has 0 atom stereocenters. The minimum absolute atomic E-state index is 0.0716. The quantitative estimate of drug-likeness (QED) is 0.380. The Hall–Kier alpha value is -3.84. The number of aromatic nitrogens is 1. The average Bonchev–Trinajstić information content (AvgIpc) is 2.74. The lowest BCUT2D eigenvalue weighted by atomic mass is 10.1. The summed E-state index contributed by atoms with van der Waals surface area (Å²) in [6, 6.07) is 19.7. The first kappa shape index (κ1) is 20.9. The molecule has 1 aromatic heterocycles. The maximum Gasteiger partial charge on any atom is 0.307 e. The van der Waals surface area contributed by atoms with Gasteiger partial charge in [0.25, 0.3) is 0 Å². The van der Waals surface area contributed by atoms with Crippen LogP contribution in [0.25, 0.3) is 5.70 Å². The highest BCUT2D eigenvalue weighted by Crippen LogP contribution is 2.24. The van der Waals surface area contributed by atoms with Gasteiger partial charge in [-0.05, 0) is 42.8 Å². The van der Waals surface area contributed by atoms with Crippen molar-refractivity contribution in [1.82, 2.24) is 10.5 Å². The molecule has 2 aromatic carbocycles. The van der Waals surface area contributed by atoms with Gasteiger partial charge in [0.05, 0.1) is 13.0 Å². The smallest absolute Gasteiger partial charge is 0.307 e. The molecular formula is C23H22N2O5. The SMILES string of the molecule is CCONC(=COc1cccc(CC(=O)O)c1)c1cccc(Oc2ccccn2)c1. The fourth-order valence-corrected chi connectivity index (χ4v) is 2.59. The topological polar surface area (TPSA) is 89.9 Å². The van der Waals surface area contributed by atoms with Gasteiger partial charge >= 0.3 is 5.97 Å². The lowest BCUT2D eigenvalue weighted by Gasteiger charge is -2.12. The first-order valence-electron chi connectivity index (χ1n) is 9.38. The van der Waals surface area contributed by atoms with Crippen LogP contribution in [0.5, 0.6) is 17.4 Å². The Balaban J connectivity index is 1.80. The van der Waals surface area contributed by atoms with Gasteiger partial charge in [-0.15, -0.1) is 0 Å². The molecule has 0 aliphatic heterocycles. The van der Waals surface area contributed by atoms with Crippen LogP contribution in [0, 0.1) is 0 Å². The molecule has 1 heterocycles. The molecule has 0 saturated carbocycles. The minimum atomic E-state index is -0.897. The molecule has 0 bridgehead atoms. The molecule has 0 saturated heterocycles. The first-order valence-corrected chi connectivity index (χ1v) is 9.38. The van der Waals surface area contributed by atoms with Crippen LogP contribution < -0.4 is 15.0 Å². The number of carboxylic acids is 1. The highest BCUT2D eigenvalue weighted by molar-refractivity contribution is 5.70. The van der Waals surface area contributed by atoms with E-state index in [1.54, 1.807) is 36.5 Å². The summed E-state index contributed by atoms with van der Waals surface area (Å²) in [5.41, 5.74) is 4.87. The van der Waals surface area contributed by atoms with Gasteiger partial charge < -0.3 is 14.6 Å². The summed E-state index contributed by atoms with van der Waals surface area (Å²) in [5.74, 6) is 0.722. The number of carboxylic acid groups (broad SMARTS) is 1. The Morgan fingerprint density at radius 2 is 1.90 bits per heavy atom. The van der Waals surface area contributed by atoms with Gasteiger partial charge in [-0.25, -0.2) is 4.98 Å². The Morgan fingerprint density at radius 3 is 2.67 bits per heavy atom. The Labute approximate surface area is 174 Å². The number of hydroxylamine groups is 1. The molecule has 0 spiro atoms. The normalized spacial score (nSPS) is 11.0. The molecule has 0 aliphatic rings. The summed E-state index contributed by atoms with van der Waals surface area (Å²) in [6.07, 6.45) is 3.10. The zero-order valence-corrected chi connectivity index (χ0v) is 16.4. The highest BCUT2D eigenvalue weighted by Gasteiger charge is 2.07. The number of hydrogen-bond acceptors (Lipinski definition) is 6. The van der Waals surface area contributed by atoms with E-state index in [1.807, 2.05) is 43.3 Å². The van der Waals surface area contributed by atoms with E-state index in [0.717, 1.165) is 5.56 Å². The lowest BCUT2D eigenvalue weighted by Crippen LogP contribution is -2.13. The second-order valence-corrected chi connectivity index (χ2v) is 6.20. The van der Waals surface area contributed by atoms with Gasteiger partial charge in [0.1, 0.15) is 23.5 Å². The number of nitrogens with one attached hydrogen (secondary N) is 1. The van der Waals surface area contributed by atoms with Crippen LogP contribution in [-0.2, 0) is 16.1 Å². The van der Waals surface area contributed by atoms with Crippen molar-refractivity contribution < 1.29 is 24.2 Å². The van der Waals surface area contributed by atoms with Crippen LogP contribution in [-0.4, -0.2) is 22.7 Å². The van der Waals surface area contributed by atoms with Crippen LogP contribution in [0.4, 0.5) is 0 Å². The number of nitrogens with zero attached hydrogens (tertiary/aromatic N) is 1. The van der Waals surface area contributed by atoms with Crippen molar-refractivity contribution in [3.8, 4) is 17.4 Å². The molecule has 3 aromatic rings. The predicted octanol–water partition coefficient (Wildman–Crippen LogP) is 4.42. The molecule has 0 aliphatic carbocycles. The largest absolute Gasteiger partial charge is 0.481 e. The predicted molar refractivity (Wildman–Crippen MR) is 112 cm³/mol. The van der Waals surface area contributed by atoms with Crippen molar-refractivity contribution in [3.63, 3.8) is 0 Å². The highest BCUT2D eigenvalue weighted by atomic mass is 16.6. The van der Waals surface area contributed by atoms with Gasteiger partial charge in [-0.1, -0.05) is 30.3 Å². The van der Waals surface area contributed by atoms with Crippen molar-refractivity contribution in [2.45, 2.75) is 13.3 Å². The van der Waals surface area contributed by atoms with Crippen LogP contribution in [0.15, 0.2) is 79.2 Å². The molecule has 7 nitrogen and oxygen atoms in total. The van der Waals surface area contributed by atoms with Crippen molar-refractivity contribution >= 4 is 11.7 Å². The van der Waals surface area contributed by atoms with Crippen LogP contribution >= 0.6 is 0 Å². The Morgan fingerprint density at radius 1 is 1.07 bits per heavy atom. The van der Waals surface area contributed by atoms with Gasteiger partial charge in [-0.2, -0.15) is 0 Å². The zero-order valence-electron chi connectivity index (χ0n) is 16.4. The van der Waals surface area contributed by atoms with Gasteiger partial charge in [0, 0.05) is 17.8 Å². The number of pyridine rings is 1. The maximum atomic E-state index is 10.9. The van der Waals surface area contributed by atoms with Gasteiger partial charge in [0.2, 0.25) is 5.88 Å². The third-order valence-electron chi connectivity index (χ3n) is 3.90. The second-order valence-electron chi connectivity index (χ2n) is 6.20. The third kappa shape index (κ3) is 6.35. The zero-order chi connectivity index (χ0) is 21.2. The Bertz CT molecular complexity index is 1010. The van der Waals surface area contributed by atoms with E-state index in [2.05, 4.69) is 10.5 Å². The average molecular weight is 406 g/mol. The van der Waals surface area contributed by atoms with E-state index >= 15 is 0 Å². The molecule has 154 valence electrons. The van der Waals surface area contributed by atoms with Gasteiger partial charge in [-0.3, -0.25) is 15.1 Å². The van der Waals surface area contributed by atoms with Crippen LogP contribution in [0.1, 0.15) is 18.1 Å².